The van der Waals surface area contributed by atoms with Crippen molar-refractivity contribution in [3.63, 3.8) is 0 Å². The molecule has 1 aromatic carbocycles. The van der Waals surface area contributed by atoms with Gasteiger partial charge >= 0.3 is 5.97 Å². The second kappa shape index (κ2) is 6.54. The fourth-order valence-electron chi connectivity index (χ4n) is 1.42. The Morgan fingerprint density at radius 3 is 2.33 bits per heavy atom. The van der Waals surface area contributed by atoms with Gasteiger partial charge in [-0.25, -0.2) is 0 Å². The minimum absolute atomic E-state index is 0.126. The molecule has 5 heteroatoms. The molecule has 0 aliphatic heterocycles. The summed E-state index contributed by atoms with van der Waals surface area (Å²) in [5, 5.41) is 2.50. The van der Waals surface area contributed by atoms with Crippen molar-refractivity contribution in [3.8, 4) is 0 Å². The van der Waals surface area contributed by atoms with E-state index in [1.807, 2.05) is 0 Å². The Morgan fingerprint density at radius 2 is 1.83 bits per heavy atom. The number of esters is 1. The molecular formula is C13H15NO4. The number of para-hydroxylation sites is 1. The number of nitrogens with one attached hydrogen (secondary N) is 1. The lowest BCUT2D eigenvalue weighted by atomic mass is 10.0. The second-order valence-electron chi connectivity index (χ2n) is 3.65. The molecule has 18 heavy (non-hydrogen) atoms. The molecular weight excluding hydrogens is 234 g/mol. The maximum Gasteiger partial charge on any atom is 0.326 e. The van der Waals surface area contributed by atoms with Crippen LogP contribution >= 0.6 is 0 Å². The number of anilines is 1. The Bertz CT molecular complexity index is 442. The van der Waals surface area contributed by atoms with Crippen molar-refractivity contribution < 1.29 is 19.1 Å². The summed E-state index contributed by atoms with van der Waals surface area (Å²) in [6, 6.07) is 8.61. The van der Waals surface area contributed by atoms with E-state index in [1.165, 1.54) is 6.92 Å². The van der Waals surface area contributed by atoms with Crippen LogP contribution in [0.15, 0.2) is 30.3 Å². The molecule has 5 nitrogen and oxygen atoms in total. The predicted molar refractivity (Wildman–Crippen MR) is 65.9 cm³/mol. The number of rotatable bonds is 5. The van der Waals surface area contributed by atoms with Crippen molar-refractivity contribution in [1.82, 2.24) is 0 Å². The van der Waals surface area contributed by atoms with Gasteiger partial charge in [0.1, 0.15) is 0 Å². The number of hydrogen-bond donors (Lipinski definition) is 1. The summed E-state index contributed by atoms with van der Waals surface area (Å²) < 4.78 is 4.70. The van der Waals surface area contributed by atoms with Crippen LogP contribution in [0.3, 0.4) is 0 Å². The summed E-state index contributed by atoms with van der Waals surface area (Å²) in [6.07, 6.45) is 0. The quantitative estimate of drug-likeness (QED) is 0.632. The summed E-state index contributed by atoms with van der Waals surface area (Å²) >= 11 is 0. The molecule has 0 unspecified atom stereocenters. The van der Waals surface area contributed by atoms with E-state index in [0.717, 1.165) is 0 Å². The zero-order valence-corrected chi connectivity index (χ0v) is 10.3. The Labute approximate surface area is 105 Å². The van der Waals surface area contributed by atoms with Crippen LogP contribution in [0.25, 0.3) is 0 Å². The molecule has 1 aromatic rings. The fourth-order valence-corrected chi connectivity index (χ4v) is 1.42. The van der Waals surface area contributed by atoms with Crippen molar-refractivity contribution in [2.24, 2.45) is 5.92 Å². The van der Waals surface area contributed by atoms with Gasteiger partial charge in [-0.15, -0.1) is 0 Å². The third kappa shape index (κ3) is 3.69. The third-order valence-corrected chi connectivity index (χ3v) is 2.23. The van der Waals surface area contributed by atoms with E-state index in [4.69, 9.17) is 4.74 Å². The predicted octanol–water partition coefficient (Wildman–Crippen LogP) is 1.39. The van der Waals surface area contributed by atoms with Gasteiger partial charge in [0.05, 0.1) is 6.61 Å². The Hall–Kier alpha value is -2.17. The molecule has 1 rings (SSSR count). The second-order valence-corrected chi connectivity index (χ2v) is 3.65. The lowest BCUT2D eigenvalue weighted by Crippen LogP contribution is -2.36. The van der Waals surface area contributed by atoms with E-state index < -0.39 is 23.6 Å². The lowest BCUT2D eigenvalue weighted by Gasteiger charge is -2.12. The molecule has 0 bridgehead atoms. The number of carbonyl (C=O) groups is 3. The Morgan fingerprint density at radius 1 is 1.22 bits per heavy atom. The molecule has 0 radical (unpaired) electrons. The number of amides is 1. The Kier molecular flexibility index (Phi) is 5.05. The molecule has 0 saturated heterocycles. The highest BCUT2D eigenvalue weighted by Crippen LogP contribution is 2.10. The average molecular weight is 249 g/mol. The van der Waals surface area contributed by atoms with Gasteiger partial charge in [-0.3, -0.25) is 14.4 Å². The standard InChI is InChI=1S/C13H15NO4/c1-3-18-13(17)11(9(2)15)12(16)14-10-7-5-4-6-8-10/h4-8,11H,3H2,1-2H3,(H,14,16)/t11-/m1/s1. The number of hydrogen-bond acceptors (Lipinski definition) is 4. The molecule has 0 aliphatic carbocycles. The first-order valence-corrected chi connectivity index (χ1v) is 5.59. The van der Waals surface area contributed by atoms with E-state index >= 15 is 0 Å². The molecule has 0 heterocycles. The van der Waals surface area contributed by atoms with E-state index in [0.29, 0.717) is 5.69 Å². The maximum absolute atomic E-state index is 11.8. The summed E-state index contributed by atoms with van der Waals surface area (Å²) in [6.45, 7) is 2.93. The van der Waals surface area contributed by atoms with Gasteiger partial charge in [0, 0.05) is 5.69 Å². The van der Waals surface area contributed by atoms with E-state index in [9.17, 15) is 14.4 Å². The molecule has 0 saturated carbocycles. The average Bonchev–Trinajstić information content (AvgIpc) is 2.30. The van der Waals surface area contributed by atoms with Crippen molar-refractivity contribution >= 4 is 23.3 Å². The molecule has 0 aromatic heterocycles. The van der Waals surface area contributed by atoms with E-state index in [2.05, 4.69) is 5.32 Å². The van der Waals surface area contributed by atoms with Gasteiger partial charge in [0.25, 0.3) is 0 Å². The molecule has 1 amide bonds. The first kappa shape index (κ1) is 13.9. The third-order valence-electron chi connectivity index (χ3n) is 2.23. The smallest absolute Gasteiger partial charge is 0.326 e. The van der Waals surface area contributed by atoms with Crippen molar-refractivity contribution in [2.75, 3.05) is 11.9 Å². The molecule has 0 spiro atoms. The van der Waals surface area contributed by atoms with Crippen LogP contribution in [0.1, 0.15) is 13.8 Å². The summed E-state index contributed by atoms with van der Waals surface area (Å²) in [5.41, 5.74) is 0.526. The highest BCUT2D eigenvalue weighted by molar-refractivity contribution is 6.19. The van der Waals surface area contributed by atoms with Gasteiger partial charge < -0.3 is 10.1 Å². The monoisotopic (exact) mass is 249 g/mol. The number of ether oxygens (including phenoxy) is 1. The van der Waals surface area contributed by atoms with Gasteiger partial charge in [-0.1, -0.05) is 18.2 Å². The summed E-state index contributed by atoms with van der Waals surface area (Å²) in [5.74, 6) is -3.45. The van der Waals surface area contributed by atoms with Gasteiger partial charge in [-0.2, -0.15) is 0 Å². The van der Waals surface area contributed by atoms with Gasteiger partial charge in [0.2, 0.25) is 5.91 Å². The Balaban J connectivity index is 2.78. The first-order chi connectivity index (χ1) is 8.56. The number of Topliss-reactive ketones (excluding diaryl/α,β-unsaturated/α-hetero) is 1. The topological polar surface area (TPSA) is 72.5 Å². The molecule has 96 valence electrons. The van der Waals surface area contributed by atoms with E-state index in [-0.39, 0.29) is 6.61 Å². The summed E-state index contributed by atoms with van der Waals surface area (Å²) in [4.78, 5) is 34.7. The number of carbonyl (C=O) groups excluding carboxylic acids is 3. The zero-order chi connectivity index (χ0) is 13.5. The minimum Gasteiger partial charge on any atom is -0.465 e. The van der Waals surface area contributed by atoms with Crippen LogP contribution in [-0.4, -0.2) is 24.3 Å². The number of benzene rings is 1. The van der Waals surface area contributed by atoms with Crippen molar-refractivity contribution in [2.45, 2.75) is 13.8 Å². The maximum atomic E-state index is 11.8. The van der Waals surface area contributed by atoms with Gasteiger partial charge in [0.15, 0.2) is 11.7 Å². The molecule has 1 N–H and O–H groups in total. The van der Waals surface area contributed by atoms with Crippen LogP contribution in [-0.2, 0) is 19.1 Å². The largest absolute Gasteiger partial charge is 0.465 e. The minimum atomic E-state index is -1.41. The van der Waals surface area contributed by atoms with Crippen LogP contribution in [0.4, 0.5) is 5.69 Å². The molecule has 1 atom stereocenters. The SMILES string of the molecule is CCOC(=O)[C@H](C(C)=O)C(=O)Nc1ccccc1. The fraction of sp³-hybridized carbons (Fsp3) is 0.308. The van der Waals surface area contributed by atoms with Gasteiger partial charge in [-0.05, 0) is 26.0 Å². The molecule has 0 fully saturated rings. The van der Waals surface area contributed by atoms with Crippen LogP contribution in [0.2, 0.25) is 0 Å². The lowest BCUT2D eigenvalue weighted by molar-refractivity contribution is -0.153. The highest BCUT2D eigenvalue weighted by atomic mass is 16.5. The highest BCUT2D eigenvalue weighted by Gasteiger charge is 2.32. The summed E-state index contributed by atoms with van der Waals surface area (Å²) in [7, 11) is 0. The van der Waals surface area contributed by atoms with E-state index in [1.54, 1.807) is 37.3 Å². The molecule has 0 aliphatic rings. The van der Waals surface area contributed by atoms with Crippen LogP contribution < -0.4 is 5.32 Å². The van der Waals surface area contributed by atoms with Crippen molar-refractivity contribution in [3.05, 3.63) is 30.3 Å². The number of ketones is 1. The van der Waals surface area contributed by atoms with Crippen LogP contribution in [0.5, 0.6) is 0 Å². The normalized spacial score (nSPS) is 11.4. The van der Waals surface area contributed by atoms with Crippen LogP contribution in [0, 0.1) is 5.92 Å². The first-order valence-electron chi connectivity index (χ1n) is 5.59. The zero-order valence-electron chi connectivity index (χ0n) is 10.3. The van der Waals surface area contributed by atoms with Crippen molar-refractivity contribution in [1.29, 1.82) is 0 Å².